The molecule has 0 bridgehead atoms. The monoisotopic (exact) mass is 506 g/mol. The predicted octanol–water partition coefficient (Wildman–Crippen LogP) is 5.50. The van der Waals surface area contributed by atoms with Crippen LogP contribution in [0.3, 0.4) is 0 Å². The van der Waals surface area contributed by atoms with E-state index in [1.807, 2.05) is 19.1 Å². The first-order valence-electron chi connectivity index (χ1n) is 9.23. The first-order valence-corrected chi connectivity index (χ1v) is 11.8. The number of carbonyl (C=O) groups excluding carboxylic acids is 1. The molecule has 1 amide bonds. The number of carbonyl (C=O) groups is 1. The van der Waals surface area contributed by atoms with E-state index < -0.39 is 15.9 Å². The highest BCUT2D eigenvalue weighted by molar-refractivity contribution is 9.10. The molecule has 0 spiro atoms. The molecule has 0 aliphatic carbocycles. The van der Waals surface area contributed by atoms with Crippen molar-refractivity contribution in [3.05, 3.63) is 87.9 Å². The largest absolute Gasteiger partial charge is 0.324 e. The summed E-state index contributed by atoms with van der Waals surface area (Å²) in [5.41, 5.74) is 1.97. The summed E-state index contributed by atoms with van der Waals surface area (Å²) in [4.78, 5) is 12.8. The van der Waals surface area contributed by atoms with Gasteiger partial charge in [0.2, 0.25) is 5.91 Å². The van der Waals surface area contributed by atoms with Crippen LogP contribution >= 0.6 is 27.5 Å². The van der Waals surface area contributed by atoms with Gasteiger partial charge in [0, 0.05) is 10.2 Å². The number of aryl methyl sites for hydroxylation is 1. The van der Waals surface area contributed by atoms with Crippen molar-refractivity contribution in [2.24, 2.45) is 0 Å². The Bertz CT molecular complexity index is 1140. The first-order chi connectivity index (χ1) is 14.3. The Morgan fingerprint density at radius 2 is 1.70 bits per heavy atom. The minimum absolute atomic E-state index is 0.115. The molecule has 0 saturated carbocycles. The average molecular weight is 508 g/mol. The number of sulfonamides is 1. The second kappa shape index (κ2) is 9.64. The van der Waals surface area contributed by atoms with Gasteiger partial charge in [-0.25, -0.2) is 8.42 Å². The van der Waals surface area contributed by atoms with E-state index in [-0.39, 0.29) is 11.4 Å². The van der Waals surface area contributed by atoms with Crippen molar-refractivity contribution in [3.8, 4) is 0 Å². The lowest BCUT2D eigenvalue weighted by atomic mass is 10.1. The summed E-state index contributed by atoms with van der Waals surface area (Å²) in [5.74, 6) is -0.479. The number of amides is 1. The Kier molecular flexibility index (Phi) is 7.18. The smallest absolute Gasteiger partial charge is 0.264 e. The second-order valence-electron chi connectivity index (χ2n) is 6.52. The molecule has 0 saturated heterocycles. The summed E-state index contributed by atoms with van der Waals surface area (Å²) >= 11 is 9.37. The van der Waals surface area contributed by atoms with E-state index in [2.05, 4.69) is 21.2 Å². The summed E-state index contributed by atoms with van der Waals surface area (Å²) in [6.45, 7) is 1.64. The van der Waals surface area contributed by atoms with Gasteiger partial charge in [0.05, 0.1) is 15.6 Å². The molecule has 0 radical (unpaired) electrons. The van der Waals surface area contributed by atoms with Crippen molar-refractivity contribution >= 4 is 54.8 Å². The highest BCUT2D eigenvalue weighted by atomic mass is 79.9. The van der Waals surface area contributed by atoms with Gasteiger partial charge >= 0.3 is 0 Å². The van der Waals surface area contributed by atoms with Crippen molar-refractivity contribution in [2.75, 3.05) is 16.2 Å². The standard InChI is InChI=1S/C22H20BrClN2O3S/c1-2-16-8-11-18(12-9-16)26(30(28,29)19-6-4-3-5-7-19)15-22(27)25-17-10-13-20(23)21(24)14-17/h3-14H,2,15H2,1H3,(H,25,27). The third-order valence-electron chi connectivity index (χ3n) is 4.45. The van der Waals surface area contributed by atoms with E-state index >= 15 is 0 Å². The van der Waals surface area contributed by atoms with E-state index in [9.17, 15) is 13.2 Å². The zero-order chi connectivity index (χ0) is 21.7. The summed E-state index contributed by atoms with van der Waals surface area (Å²) < 4.78 is 28.4. The fourth-order valence-corrected chi connectivity index (χ4v) is 4.71. The van der Waals surface area contributed by atoms with Crippen LogP contribution in [0, 0.1) is 0 Å². The van der Waals surface area contributed by atoms with E-state index in [0.717, 1.165) is 16.3 Å². The second-order valence-corrected chi connectivity index (χ2v) is 9.65. The van der Waals surface area contributed by atoms with Gasteiger partial charge in [-0.3, -0.25) is 9.10 Å². The van der Waals surface area contributed by atoms with Gasteiger partial charge in [0.15, 0.2) is 0 Å². The summed E-state index contributed by atoms with van der Waals surface area (Å²) in [7, 11) is -3.94. The molecule has 5 nitrogen and oxygen atoms in total. The average Bonchev–Trinajstić information content (AvgIpc) is 2.75. The van der Waals surface area contributed by atoms with Gasteiger partial charge in [-0.1, -0.05) is 48.9 Å². The summed E-state index contributed by atoms with van der Waals surface area (Å²) in [5, 5.41) is 3.15. The molecule has 8 heteroatoms. The summed E-state index contributed by atoms with van der Waals surface area (Å²) in [6.07, 6.45) is 0.830. The van der Waals surface area contributed by atoms with Gasteiger partial charge in [-0.05, 0) is 70.4 Å². The lowest BCUT2D eigenvalue weighted by Crippen LogP contribution is -2.38. The lowest BCUT2D eigenvalue weighted by molar-refractivity contribution is -0.114. The van der Waals surface area contributed by atoms with Crippen LogP contribution in [0.1, 0.15) is 12.5 Å². The fraction of sp³-hybridized carbons (Fsp3) is 0.136. The molecule has 30 heavy (non-hydrogen) atoms. The van der Waals surface area contributed by atoms with Crippen LogP contribution in [0.25, 0.3) is 0 Å². The van der Waals surface area contributed by atoms with E-state index in [1.165, 1.54) is 12.1 Å². The van der Waals surface area contributed by atoms with Crippen molar-refractivity contribution < 1.29 is 13.2 Å². The number of nitrogens with zero attached hydrogens (tertiary/aromatic N) is 1. The topological polar surface area (TPSA) is 66.5 Å². The molecule has 1 N–H and O–H groups in total. The normalized spacial score (nSPS) is 11.2. The van der Waals surface area contributed by atoms with Crippen molar-refractivity contribution in [3.63, 3.8) is 0 Å². The zero-order valence-electron chi connectivity index (χ0n) is 16.2. The van der Waals surface area contributed by atoms with E-state index in [1.54, 1.807) is 48.5 Å². The number of rotatable bonds is 7. The molecule has 0 aliphatic rings. The van der Waals surface area contributed by atoms with Crippen LogP contribution in [0.4, 0.5) is 11.4 Å². The molecule has 0 aromatic heterocycles. The van der Waals surface area contributed by atoms with Gasteiger partial charge in [-0.15, -0.1) is 0 Å². The maximum Gasteiger partial charge on any atom is 0.264 e. The Labute approximate surface area is 189 Å². The van der Waals surface area contributed by atoms with Gasteiger partial charge in [-0.2, -0.15) is 0 Å². The number of anilines is 2. The van der Waals surface area contributed by atoms with Crippen LogP contribution in [0.5, 0.6) is 0 Å². The van der Waals surface area contributed by atoms with Crippen LogP contribution in [-0.2, 0) is 21.2 Å². The molecule has 0 aliphatic heterocycles. The third kappa shape index (κ3) is 5.22. The number of hydrogen-bond donors (Lipinski definition) is 1. The highest BCUT2D eigenvalue weighted by Gasteiger charge is 2.27. The van der Waals surface area contributed by atoms with Crippen LogP contribution in [0.15, 0.2) is 82.2 Å². The van der Waals surface area contributed by atoms with Crippen LogP contribution < -0.4 is 9.62 Å². The first kappa shape index (κ1) is 22.3. The quantitative estimate of drug-likeness (QED) is 0.459. The Balaban J connectivity index is 1.92. The molecule has 0 atom stereocenters. The molecule has 156 valence electrons. The zero-order valence-corrected chi connectivity index (χ0v) is 19.3. The van der Waals surface area contributed by atoms with Crippen LogP contribution in [0.2, 0.25) is 5.02 Å². The maximum atomic E-state index is 13.3. The SMILES string of the molecule is CCc1ccc(N(CC(=O)Nc2ccc(Br)c(Cl)c2)S(=O)(=O)c2ccccc2)cc1. The molecule has 0 fully saturated rings. The number of nitrogens with one attached hydrogen (secondary N) is 1. The molecule has 3 aromatic rings. The van der Waals surface area contributed by atoms with Crippen molar-refractivity contribution in [1.29, 1.82) is 0 Å². The maximum absolute atomic E-state index is 13.3. The Morgan fingerprint density at radius 3 is 2.30 bits per heavy atom. The minimum atomic E-state index is -3.94. The molecule has 0 unspecified atom stereocenters. The van der Waals surface area contributed by atoms with Gasteiger partial charge < -0.3 is 5.32 Å². The van der Waals surface area contributed by atoms with Gasteiger partial charge in [0.25, 0.3) is 10.0 Å². The number of benzene rings is 3. The summed E-state index contributed by atoms with van der Waals surface area (Å²) in [6, 6.07) is 20.2. The molecule has 0 heterocycles. The van der Waals surface area contributed by atoms with E-state index in [0.29, 0.717) is 20.9 Å². The third-order valence-corrected chi connectivity index (χ3v) is 7.47. The number of halogens is 2. The lowest BCUT2D eigenvalue weighted by Gasteiger charge is -2.24. The predicted molar refractivity (Wildman–Crippen MR) is 125 cm³/mol. The van der Waals surface area contributed by atoms with Crippen molar-refractivity contribution in [2.45, 2.75) is 18.2 Å². The Morgan fingerprint density at radius 1 is 1.03 bits per heavy atom. The Hall–Kier alpha value is -2.35. The molecule has 3 rings (SSSR count). The van der Waals surface area contributed by atoms with E-state index in [4.69, 9.17) is 11.6 Å². The molecule has 3 aromatic carbocycles. The van der Waals surface area contributed by atoms with Crippen LogP contribution in [-0.4, -0.2) is 20.9 Å². The molecular formula is C22H20BrClN2O3S. The number of hydrogen-bond acceptors (Lipinski definition) is 3. The molecular weight excluding hydrogens is 488 g/mol. The van der Waals surface area contributed by atoms with Gasteiger partial charge in [0.1, 0.15) is 6.54 Å². The minimum Gasteiger partial charge on any atom is -0.324 e. The fourth-order valence-electron chi connectivity index (χ4n) is 2.84. The highest BCUT2D eigenvalue weighted by Crippen LogP contribution is 2.27. The van der Waals surface area contributed by atoms with Crippen molar-refractivity contribution in [1.82, 2.24) is 0 Å².